The van der Waals surface area contributed by atoms with Crippen molar-refractivity contribution in [2.75, 3.05) is 5.75 Å². The van der Waals surface area contributed by atoms with Gasteiger partial charge in [-0.15, -0.1) is 0 Å². The smallest absolute Gasteiger partial charge is 0.382 e. The molecular formula is C17H16N2O5S. The quantitative estimate of drug-likeness (QED) is 0.626. The maximum absolute atomic E-state index is 12.1. The number of benzene rings is 2. The summed E-state index contributed by atoms with van der Waals surface area (Å²) in [6.45, 7) is 1.75. The Balaban J connectivity index is 1.81. The summed E-state index contributed by atoms with van der Waals surface area (Å²) in [7, 11) is -3.87. The third kappa shape index (κ3) is 3.97. The summed E-state index contributed by atoms with van der Waals surface area (Å²) in [5.41, 5.74) is 1.60. The molecule has 3 rings (SSSR count). The second-order valence-electron chi connectivity index (χ2n) is 5.40. The Labute approximate surface area is 144 Å². The first-order chi connectivity index (χ1) is 12.0. The van der Waals surface area contributed by atoms with E-state index < -0.39 is 15.9 Å². The van der Waals surface area contributed by atoms with Crippen molar-refractivity contribution in [1.82, 2.24) is 9.72 Å². The van der Waals surface area contributed by atoms with Gasteiger partial charge >= 0.3 is 15.9 Å². The molecular weight excluding hydrogens is 344 g/mol. The minimum atomic E-state index is -3.87. The fraction of sp³-hybridized carbons (Fsp3) is 0.176. The number of aromatic nitrogens is 2. The van der Waals surface area contributed by atoms with Gasteiger partial charge in [0.2, 0.25) is 0 Å². The van der Waals surface area contributed by atoms with Gasteiger partial charge in [0.1, 0.15) is 11.5 Å². The largest absolute Gasteiger partial charge is 0.441 e. The molecule has 1 aromatic heterocycles. The van der Waals surface area contributed by atoms with Gasteiger partial charge in [0.05, 0.1) is 0 Å². The van der Waals surface area contributed by atoms with Crippen molar-refractivity contribution in [2.45, 2.75) is 13.5 Å². The Kier molecular flexibility index (Phi) is 4.71. The third-order valence-corrected chi connectivity index (χ3v) is 4.73. The molecule has 130 valence electrons. The molecule has 0 aliphatic rings. The van der Waals surface area contributed by atoms with Crippen LogP contribution < -0.4 is 9.94 Å². The fourth-order valence-electron chi connectivity index (χ4n) is 2.35. The second kappa shape index (κ2) is 6.94. The summed E-state index contributed by atoms with van der Waals surface area (Å²) in [4.78, 5) is 11.9. The van der Waals surface area contributed by atoms with E-state index in [2.05, 4.69) is 5.16 Å². The predicted octanol–water partition coefficient (Wildman–Crippen LogP) is 2.22. The van der Waals surface area contributed by atoms with Crippen molar-refractivity contribution in [2.24, 2.45) is 0 Å². The summed E-state index contributed by atoms with van der Waals surface area (Å²) >= 11 is 0. The van der Waals surface area contributed by atoms with Gasteiger partial charge in [-0.25, -0.2) is 4.79 Å². The predicted molar refractivity (Wildman–Crippen MR) is 91.8 cm³/mol. The maximum atomic E-state index is 12.1. The lowest BCUT2D eigenvalue weighted by atomic mass is 10.1. The molecule has 8 heteroatoms. The van der Waals surface area contributed by atoms with E-state index in [4.69, 9.17) is 8.71 Å². The lowest BCUT2D eigenvalue weighted by Gasteiger charge is -2.08. The van der Waals surface area contributed by atoms with Crippen molar-refractivity contribution >= 4 is 10.1 Å². The number of hydrogen-bond donors (Lipinski definition) is 0. The Hall–Kier alpha value is -2.87. The molecule has 0 amide bonds. The van der Waals surface area contributed by atoms with Crippen LogP contribution in [0.25, 0.3) is 11.4 Å². The summed E-state index contributed by atoms with van der Waals surface area (Å²) < 4.78 is 35.2. The zero-order chi connectivity index (χ0) is 17.9. The fourth-order valence-corrected chi connectivity index (χ4v) is 3.24. The molecule has 0 saturated carbocycles. The van der Waals surface area contributed by atoms with Crippen LogP contribution in [0.4, 0.5) is 0 Å². The molecule has 2 aromatic carbocycles. The van der Waals surface area contributed by atoms with Crippen molar-refractivity contribution in [3.63, 3.8) is 0 Å². The second-order valence-corrected chi connectivity index (χ2v) is 7.09. The lowest BCUT2D eigenvalue weighted by molar-refractivity contribution is 0.377. The molecule has 7 nitrogen and oxygen atoms in total. The molecule has 0 unspecified atom stereocenters. The zero-order valence-electron chi connectivity index (χ0n) is 13.5. The van der Waals surface area contributed by atoms with Gasteiger partial charge in [0.15, 0.2) is 5.82 Å². The first-order valence-corrected chi connectivity index (χ1v) is 9.14. The molecule has 3 aromatic rings. The molecule has 0 saturated heterocycles. The standard InChI is InChI=1S/C17H16N2O5S/c1-13-7-5-6-10-15(13)16-18-23-17(20)19(16)11-12-25(21,22)24-14-8-3-2-4-9-14/h2-10H,11-12H2,1H3. The van der Waals surface area contributed by atoms with Crippen LogP contribution in [0.3, 0.4) is 0 Å². The monoisotopic (exact) mass is 360 g/mol. The van der Waals surface area contributed by atoms with Crippen LogP contribution in [-0.4, -0.2) is 23.9 Å². The maximum Gasteiger partial charge on any atom is 0.441 e. The minimum Gasteiger partial charge on any atom is -0.382 e. The van der Waals surface area contributed by atoms with E-state index in [-0.39, 0.29) is 23.9 Å². The molecule has 1 heterocycles. The number of hydrogen-bond acceptors (Lipinski definition) is 6. The van der Waals surface area contributed by atoms with Crippen LogP contribution in [-0.2, 0) is 16.7 Å². The molecule has 0 spiro atoms. The van der Waals surface area contributed by atoms with Gasteiger partial charge in [-0.05, 0) is 24.6 Å². The highest BCUT2D eigenvalue weighted by atomic mass is 32.2. The summed E-state index contributed by atoms with van der Waals surface area (Å²) in [5, 5.41) is 3.77. The van der Waals surface area contributed by atoms with Gasteiger partial charge in [-0.1, -0.05) is 47.6 Å². The van der Waals surface area contributed by atoms with Crippen LogP contribution in [0.2, 0.25) is 0 Å². The third-order valence-electron chi connectivity index (χ3n) is 3.60. The molecule has 0 bridgehead atoms. The van der Waals surface area contributed by atoms with E-state index >= 15 is 0 Å². The van der Waals surface area contributed by atoms with Crippen LogP contribution in [0.1, 0.15) is 5.56 Å². The summed E-state index contributed by atoms with van der Waals surface area (Å²) in [5.74, 6) is -0.590. The van der Waals surface area contributed by atoms with E-state index in [1.807, 2.05) is 19.1 Å². The van der Waals surface area contributed by atoms with Gasteiger partial charge < -0.3 is 4.18 Å². The van der Waals surface area contributed by atoms with Gasteiger partial charge in [0.25, 0.3) is 0 Å². The Bertz CT molecular complexity index is 1020. The lowest BCUT2D eigenvalue weighted by Crippen LogP contribution is -2.24. The molecule has 0 N–H and O–H groups in total. The molecule has 0 atom stereocenters. The SMILES string of the molecule is Cc1ccccc1-c1noc(=O)n1CCS(=O)(=O)Oc1ccccc1. The first kappa shape index (κ1) is 17.0. The van der Waals surface area contributed by atoms with E-state index in [1.54, 1.807) is 42.5 Å². The Morgan fingerprint density at radius 1 is 1.08 bits per heavy atom. The molecule has 0 aliphatic heterocycles. The highest BCUT2D eigenvalue weighted by Gasteiger charge is 2.19. The molecule has 0 fully saturated rings. The van der Waals surface area contributed by atoms with E-state index in [0.29, 0.717) is 5.56 Å². The topological polar surface area (TPSA) is 91.4 Å². The number of nitrogens with zero attached hydrogens (tertiary/aromatic N) is 2. The average Bonchev–Trinajstić information content (AvgIpc) is 2.95. The van der Waals surface area contributed by atoms with Crippen LogP contribution >= 0.6 is 0 Å². The molecule has 0 radical (unpaired) electrons. The van der Waals surface area contributed by atoms with Gasteiger partial charge in [-0.2, -0.15) is 8.42 Å². The highest BCUT2D eigenvalue weighted by Crippen LogP contribution is 2.20. The normalized spacial score (nSPS) is 11.4. The van der Waals surface area contributed by atoms with E-state index in [1.165, 1.54) is 4.57 Å². The Morgan fingerprint density at radius 3 is 2.48 bits per heavy atom. The van der Waals surface area contributed by atoms with E-state index in [0.717, 1.165) is 5.56 Å². The van der Waals surface area contributed by atoms with Crippen molar-refractivity contribution in [3.8, 4) is 17.1 Å². The first-order valence-electron chi connectivity index (χ1n) is 7.56. The van der Waals surface area contributed by atoms with E-state index in [9.17, 15) is 13.2 Å². The van der Waals surface area contributed by atoms with Gasteiger partial charge in [0, 0.05) is 12.1 Å². The summed E-state index contributed by atoms with van der Waals surface area (Å²) in [6.07, 6.45) is 0. The zero-order valence-corrected chi connectivity index (χ0v) is 14.3. The summed E-state index contributed by atoms with van der Waals surface area (Å²) in [6, 6.07) is 15.5. The van der Waals surface area contributed by atoms with Crippen molar-refractivity contribution < 1.29 is 17.1 Å². The average molecular weight is 360 g/mol. The van der Waals surface area contributed by atoms with Crippen LogP contribution in [0.15, 0.2) is 63.9 Å². The number of rotatable bonds is 6. The number of aryl methyl sites for hydroxylation is 1. The number of para-hydroxylation sites is 1. The van der Waals surface area contributed by atoms with Crippen molar-refractivity contribution in [1.29, 1.82) is 0 Å². The Morgan fingerprint density at radius 2 is 1.76 bits per heavy atom. The van der Waals surface area contributed by atoms with Gasteiger partial charge in [-0.3, -0.25) is 9.09 Å². The highest BCUT2D eigenvalue weighted by molar-refractivity contribution is 7.87. The van der Waals surface area contributed by atoms with Crippen LogP contribution in [0.5, 0.6) is 5.75 Å². The minimum absolute atomic E-state index is 0.124. The molecule has 0 aliphatic carbocycles. The van der Waals surface area contributed by atoms with Crippen LogP contribution in [0, 0.1) is 6.92 Å². The molecule has 25 heavy (non-hydrogen) atoms. The van der Waals surface area contributed by atoms with Crippen molar-refractivity contribution in [3.05, 3.63) is 70.7 Å².